The van der Waals surface area contributed by atoms with E-state index in [1.807, 2.05) is 0 Å². The van der Waals surface area contributed by atoms with Gasteiger partial charge in [-0.15, -0.1) is 0 Å². The zero-order valence-electron chi connectivity index (χ0n) is 11.1. The fourth-order valence-corrected chi connectivity index (χ4v) is 1.63. The predicted octanol–water partition coefficient (Wildman–Crippen LogP) is 1.08. The smallest absolute Gasteiger partial charge is 0.325 e. The van der Waals surface area contributed by atoms with Gasteiger partial charge in [0, 0.05) is 6.92 Å². The lowest BCUT2D eigenvalue weighted by atomic mass is 10.4. The molecular weight excluding hydrogens is 318 g/mol. The third-order valence-corrected chi connectivity index (χ3v) is 3.22. The second-order valence-electron chi connectivity index (χ2n) is 3.61. The Morgan fingerprint density at radius 3 is 2.42 bits per heavy atom. The van der Waals surface area contributed by atoms with Crippen LogP contribution < -0.4 is 9.64 Å². The molecule has 0 N–H and O–H groups in total. The minimum absolute atomic E-state index is 0.0930. The maximum absolute atomic E-state index is 11.6. The summed E-state index contributed by atoms with van der Waals surface area (Å²) in [6.07, 6.45) is 0. The number of rotatable bonds is 4. The lowest BCUT2D eigenvalue weighted by Crippen LogP contribution is -2.36. The molecule has 0 fully saturated rings. The van der Waals surface area contributed by atoms with Crippen LogP contribution in [0.15, 0.2) is 4.47 Å². The van der Waals surface area contributed by atoms with E-state index in [2.05, 4.69) is 30.6 Å². The van der Waals surface area contributed by atoms with Gasteiger partial charge in [0.2, 0.25) is 17.7 Å². The normalized spacial score (nSPS) is 9.95. The summed E-state index contributed by atoms with van der Waals surface area (Å²) in [4.78, 5) is 32.2. The number of esters is 1. The van der Waals surface area contributed by atoms with Crippen LogP contribution in [0.5, 0.6) is 5.88 Å². The maximum atomic E-state index is 11.6. The highest BCUT2D eigenvalue weighted by atomic mass is 79.9. The molecule has 1 amide bonds. The van der Waals surface area contributed by atoms with Crippen molar-refractivity contribution in [3.05, 3.63) is 10.2 Å². The van der Waals surface area contributed by atoms with E-state index in [4.69, 9.17) is 4.74 Å². The van der Waals surface area contributed by atoms with Crippen LogP contribution in [0.25, 0.3) is 0 Å². The van der Waals surface area contributed by atoms with Gasteiger partial charge in [0.1, 0.15) is 11.0 Å². The van der Waals surface area contributed by atoms with Crippen molar-refractivity contribution in [1.82, 2.24) is 9.97 Å². The summed E-state index contributed by atoms with van der Waals surface area (Å²) in [5.41, 5.74) is 0.595. The number of hydrogen-bond acceptors (Lipinski definition) is 6. The van der Waals surface area contributed by atoms with Crippen molar-refractivity contribution in [1.29, 1.82) is 0 Å². The Labute approximate surface area is 119 Å². The zero-order valence-corrected chi connectivity index (χ0v) is 12.6. The second-order valence-corrected chi connectivity index (χ2v) is 4.41. The minimum Gasteiger partial charge on any atom is -0.480 e. The van der Waals surface area contributed by atoms with E-state index in [9.17, 15) is 9.59 Å². The fraction of sp³-hybridized carbons (Fsp3) is 0.455. The van der Waals surface area contributed by atoms with Gasteiger partial charge in [-0.2, -0.15) is 4.98 Å². The average molecular weight is 332 g/mol. The van der Waals surface area contributed by atoms with Crippen molar-refractivity contribution >= 4 is 33.8 Å². The van der Waals surface area contributed by atoms with Crippen LogP contribution in [-0.2, 0) is 14.3 Å². The van der Waals surface area contributed by atoms with Crippen molar-refractivity contribution < 1.29 is 19.1 Å². The molecule has 0 saturated heterocycles. The Morgan fingerprint density at radius 1 is 1.32 bits per heavy atom. The Bertz CT molecular complexity index is 507. The molecule has 0 bridgehead atoms. The quantitative estimate of drug-likeness (QED) is 0.768. The molecule has 0 radical (unpaired) electrons. The van der Waals surface area contributed by atoms with Gasteiger partial charge in [0.05, 0.1) is 19.9 Å². The molecule has 0 aliphatic heterocycles. The lowest BCUT2D eigenvalue weighted by molar-refractivity contribution is -0.139. The first-order valence-electron chi connectivity index (χ1n) is 5.33. The molecule has 104 valence electrons. The van der Waals surface area contributed by atoms with Crippen LogP contribution in [0.4, 0.5) is 5.95 Å². The SMILES string of the molecule is COC(=O)CN(C(C)=O)c1nc(C)c(Br)c(OC)n1. The highest BCUT2D eigenvalue weighted by molar-refractivity contribution is 9.10. The van der Waals surface area contributed by atoms with Crippen LogP contribution >= 0.6 is 15.9 Å². The predicted molar refractivity (Wildman–Crippen MR) is 71.1 cm³/mol. The molecule has 1 aromatic heterocycles. The van der Waals surface area contributed by atoms with Gasteiger partial charge in [-0.3, -0.25) is 14.5 Å². The number of halogens is 1. The van der Waals surface area contributed by atoms with Crippen LogP contribution in [0.3, 0.4) is 0 Å². The Morgan fingerprint density at radius 2 is 1.95 bits per heavy atom. The highest BCUT2D eigenvalue weighted by Gasteiger charge is 2.21. The van der Waals surface area contributed by atoms with Gasteiger partial charge >= 0.3 is 5.97 Å². The molecule has 0 aromatic carbocycles. The molecule has 0 aliphatic carbocycles. The number of aryl methyl sites for hydroxylation is 1. The van der Waals surface area contributed by atoms with Gasteiger partial charge in [-0.25, -0.2) is 4.98 Å². The van der Waals surface area contributed by atoms with E-state index in [0.29, 0.717) is 16.0 Å². The van der Waals surface area contributed by atoms with E-state index in [1.165, 1.54) is 21.1 Å². The van der Waals surface area contributed by atoms with E-state index >= 15 is 0 Å². The number of nitrogens with zero attached hydrogens (tertiary/aromatic N) is 3. The first-order chi connectivity index (χ1) is 8.90. The maximum Gasteiger partial charge on any atom is 0.325 e. The van der Waals surface area contributed by atoms with Gasteiger partial charge in [0.15, 0.2) is 0 Å². The molecule has 0 aliphatic rings. The van der Waals surface area contributed by atoms with Crippen LogP contribution in [0.1, 0.15) is 12.6 Å². The zero-order chi connectivity index (χ0) is 14.6. The Kier molecular flexibility index (Phi) is 5.22. The standard InChI is InChI=1S/C11H14BrN3O4/c1-6-9(12)10(19-4)14-11(13-6)15(7(2)16)5-8(17)18-3/h5H2,1-4H3. The number of hydrogen-bond donors (Lipinski definition) is 0. The summed E-state index contributed by atoms with van der Waals surface area (Å²) < 4.78 is 10.2. The molecule has 0 saturated carbocycles. The van der Waals surface area contributed by atoms with E-state index in [0.717, 1.165) is 4.90 Å². The molecule has 1 rings (SSSR count). The summed E-state index contributed by atoms with van der Waals surface area (Å²) in [7, 11) is 2.70. The summed E-state index contributed by atoms with van der Waals surface area (Å²) >= 11 is 3.28. The first-order valence-corrected chi connectivity index (χ1v) is 6.13. The van der Waals surface area contributed by atoms with Gasteiger partial charge in [0.25, 0.3) is 0 Å². The van der Waals surface area contributed by atoms with Crippen molar-refractivity contribution in [2.75, 3.05) is 25.7 Å². The summed E-state index contributed by atoms with van der Waals surface area (Å²) in [5.74, 6) is -0.540. The number of carbonyl (C=O) groups excluding carboxylic acids is 2. The first kappa shape index (κ1) is 15.4. The molecule has 0 spiro atoms. The molecule has 7 nitrogen and oxygen atoms in total. The van der Waals surface area contributed by atoms with E-state index in [1.54, 1.807) is 6.92 Å². The molecule has 0 unspecified atom stereocenters. The van der Waals surface area contributed by atoms with Crippen molar-refractivity contribution in [2.45, 2.75) is 13.8 Å². The van der Waals surface area contributed by atoms with Crippen LogP contribution in [0, 0.1) is 6.92 Å². The average Bonchev–Trinajstić information content (AvgIpc) is 2.38. The Balaban J connectivity index is 3.20. The topological polar surface area (TPSA) is 81.6 Å². The van der Waals surface area contributed by atoms with Gasteiger partial charge in [-0.1, -0.05) is 0 Å². The molecule has 19 heavy (non-hydrogen) atoms. The number of carbonyl (C=O) groups is 2. The van der Waals surface area contributed by atoms with E-state index in [-0.39, 0.29) is 18.4 Å². The highest BCUT2D eigenvalue weighted by Crippen LogP contribution is 2.27. The number of ether oxygens (including phenoxy) is 2. The summed E-state index contributed by atoms with van der Waals surface area (Å²) in [6.45, 7) is 2.79. The summed E-state index contributed by atoms with van der Waals surface area (Å²) in [6, 6.07) is 0. The fourth-order valence-electron chi connectivity index (χ4n) is 1.29. The molecule has 1 heterocycles. The van der Waals surface area contributed by atoms with Gasteiger partial charge in [-0.05, 0) is 22.9 Å². The van der Waals surface area contributed by atoms with Crippen LogP contribution in [0.2, 0.25) is 0 Å². The molecule has 1 aromatic rings. The number of anilines is 1. The van der Waals surface area contributed by atoms with E-state index < -0.39 is 5.97 Å². The third-order valence-electron chi connectivity index (χ3n) is 2.30. The minimum atomic E-state index is -0.557. The number of methoxy groups -OCH3 is 2. The number of aromatic nitrogens is 2. The largest absolute Gasteiger partial charge is 0.480 e. The number of amides is 1. The Hall–Kier alpha value is -1.70. The third kappa shape index (κ3) is 3.63. The molecule has 8 heteroatoms. The van der Waals surface area contributed by atoms with Crippen molar-refractivity contribution in [3.8, 4) is 5.88 Å². The van der Waals surface area contributed by atoms with Crippen molar-refractivity contribution in [2.24, 2.45) is 0 Å². The lowest BCUT2D eigenvalue weighted by Gasteiger charge is -2.18. The second kappa shape index (κ2) is 6.46. The van der Waals surface area contributed by atoms with Gasteiger partial charge < -0.3 is 9.47 Å². The molecular formula is C11H14BrN3O4. The van der Waals surface area contributed by atoms with Crippen LogP contribution in [-0.4, -0.2) is 42.6 Å². The summed E-state index contributed by atoms with van der Waals surface area (Å²) in [5, 5.41) is 0. The monoisotopic (exact) mass is 331 g/mol. The van der Waals surface area contributed by atoms with Crippen molar-refractivity contribution in [3.63, 3.8) is 0 Å². The molecule has 0 atom stereocenters.